The molecule has 15 heavy (non-hydrogen) atoms. The van der Waals surface area contributed by atoms with Crippen molar-refractivity contribution < 1.29 is 9.53 Å². The van der Waals surface area contributed by atoms with Crippen molar-refractivity contribution in [3.63, 3.8) is 0 Å². The minimum absolute atomic E-state index is 0.0499. The number of esters is 1. The van der Waals surface area contributed by atoms with Gasteiger partial charge < -0.3 is 4.74 Å². The van der Waals surface area contributed by atoms with Crippen molar-refractivity contribution in [3.8, 4) is 0 Å². The Balaban J connectivity index is 2.45. The number of aromatic nitrogens is 2. The Morgan fingerprint density at radius 1 is 1.67 bits per heavy atom. The first-order valence-electron chi connectivity index (χ1n) is 4.53. The summed E-state index contributed by atoms with van der Waals surface area (Å²) in [6, 6.07) is 0. The Labute approximate surface area is 85.2 Å². The average molecular weight is 207 g/mol. The third kappa shape index (κ3) is 1.54. The quantitative estimate of drug-likeness (QED) is 0.646. The van der Waals surface area contributed by atoms with Gasteiger partial charge in [-0.05, 0) is 6.92 Å². The van der Waals surface area contributed by atoms with E-state index in [2.05, 4.69) is 9.98 Å². The van der Waals surface area contributed by atoms with Crippen LogP contribution in [0.3, 0.4) is 0 Å². The summed E-state index contributed by atoms with van der Waals surface area (Å²) in [6.07, 6.45) is 2.77. The topological polar surface area (TPSA) is 73.5 Å². The Hall–Kier alpha value is -1.98. The van der Waals surface area contributed by atoms with Crippen LogP contribution < -0.4 is 5.56 Å². The smallest absolute Gasteiger partial charge is 0.345 e. The van der Waals surface area contributed by atoms with Crippen molar-refractivity contribution in [2.45, 2.75) is 13.5 Å². The van der Waals surface area contributed by atoms with E-state index in [1.165, 1.54) is 10.8 Å². The lowest BCUT2D eigenvalue weighted by molar-refractivity contribution is 0.0523. The molecule has 6 nitrogen and oxygen atoms in total. The summed E-state index contributed by atoms with van der Waals surface area (Å²) in [5.41, 5.74) is -0.456. The first-order chi connectivity index (χ1) is 7.24. The molecule has 0 aliphatic carbocycles. The lowest BCUT2D eigenvalue weighted by Crippen LogP contribution is -2.26. The summed E-state index contributed by atoms with van der Waals surface area (Å²) in [5, 5.41) is 0. The van der Waals surface area contributed by atoms with E-state index >= 15 is 0 Å². The van der Waals surface area contributed by atoms with Gasteiger partial charge >= 0.3 is 5.97 Å². The molecule has 1 aromatic heterocycles. The Bertz CT molecular complexity index is 490. The van der Waals surface area contributed by atoms with E-state index in [1.807, 2.05) is 0 Å². The summed E-state index contributed by atoms with van der Waals surface area (Å²) in [4.78, 5) is 30.8. The first-order valence-corrected chi connectivity index (χ1v) is 4.53. The predicted molar refractivity (Wildman–Crippen MR) is 52.6 cm³/mol. The van der Waals surface area contributed by atoms with E-state index in [1.54, 1.807) is 13.1 Å². The van der Waals surface area contributed by atoms with Crippen LogP contribution in [0.25, 0.3) is 0 Å². The van der Waals surface area contributed by atoms with Crippen molar-refractivity contribution >= 4 is 18.1 Å². The number of carbonyl (C=O) groups is 1. The molecule has 0 saturated carbocycles. The van der Waals surface area contributed by atoms with Crippen LogP contribution in [-0.2, 0) is 11.3 Å². The van der Waals surface area contributed by atoms with E-state index in [-0.39, 0.29) is 12.2 Å². The van der Waals surface area contributed by atoms with Crippen LogP contribution in [0.4, 0.5) is 5.95 Å². The fraction of sp³-hybridized carbons (Fsp3) is 0.333. The normalized spacial score (nSPS) is 12.6. The van der Waals surface area contributed by atoms with Gasteiger partial charge in [-0.25, -0.2) is 14.8 Å². The Morgan fingerprint density at radius 3 is 3.20 bits per heavy atom. The fourth-order valence-electron chi connectivity index (χ4n) is 1.30. The molecule has 0 saturated heterocycles. The number of aliphatic imine (C=N–C) groups is 1. The zero-order valence-corrected chi connectivity index (χ0v) is 8.14. The number of carbonyl (C=O) groups excluding carboxylic acids is 1. The van der Waals surface area contributed by atoms with Gasteiger partial charge in [-0.15, -0.1) is 0 Å². The predicted octanol–water partition coefficient (Wildman–Crippen LogP) is 0.136. The van der Waals surface area contributed by atoms with E-state index < -0.39 is 11.5 Å². The third-order valence-corrected chi connectivity index (χ3v) is 1.99. The molecule has 0 fully saturated rings. The van der Waals surface area contributed by atoms with E-state index in [9.17, 15) is 9.59 Å². The maximum atomic E-state index is 11.7. The summed E-state index contributed by atoms with van der Waals surface area (Å²) in [6.45, 7) is 2.27. The van der Waals surface area contributed by atoms with Crippen molar-refractivity contribution in [3.05, 3.63) is 22.1 Å². The van der Waals surface area contributed by atoms with Gasteiger partial charge in [-0.2, -0.15) is 0 Å². The molecule has 1 aliphatic heterocycles. The van der Waals surface area contributed by atoms with Crippen LogP contribution >= 0.6 is 0 Å². The molecular weight excluding hydrogens is 198 g/mol. The molecule has 0 radical (unpaired) electrons. The molecule has 0 spiro atoms. The lowest BCUT2D eigenvalue weighted by Gasteiger charge is -2.03. The highest BCUT2D eigenvalue weighted by Gasteiger charge is 2.18. The van der Waals surface area contributed by atoms with Gasteiger partial charge in [-0.1, -0.05) is 0 Å². The SMILES string of the molecule is CCOC(=O)c1cnc2n(c1=O)CC=N2. The second-order valence-electron chi connectivity index (χ2n) is 2.92. The average Bonchev–Trinajstić information content (AvgIpc) is 2.67. The van der Waals surface area contributed by atoms with Gasteiger partial charge in [0.15, 0.2) is 0 Å². The second kappa shape index (κ2) is 3.64. The summed E-state index contributed by atoms with van der Waals surface area (Å²) in [7, 11) is 0. The number of rotatable bonds is 2. The fourth-order valence-corrected chi connectivity index (χ4v) is 1.30. The molecule has 78 valence electrons. The zero-order valence-electron chi connectivity index (χ0n) is 8.14. The lowest BCUT2D eigenvalue weighted by atomic mass is 10.3. The third-order valence-electron chi connectivity index (χ3n) is 1.99. The standard InChI is InChI=1S/C9H9N3O3/c1-2-15-8(14)6-5-11-9-10-3-4-12(9)7(6)13/h3,5H,2,4H2,1H3. The second-order valence-corrected chi connectivity index (χ2v) is 2.92. The van der Waals surface area contributed by atoms with Crippen molar-refractivity contribution in [1.82, 2.24) is 9.55 Å². The Morgan fingerprint density at radius 2 is 2.47 bits per heavy atom. The molecule has 2 heterocycles. The maximum Gasteiger partial charge on any atom is 0.345 e. The molecule has 0 bridgehead atoms. The van der Waals surface area contributed by atoms with Gasteiger partial charge in [0, 0.05) is 6.21 Å². The number of hydrogen-bond donors (Lipinski definition) is 0. The molecule has 0 aromatic carbocycles. The summed E-state index contributed by atoms with van der Waals surface area (Å²) >= 11 is 0. The van der Waals surface area contributed by atoms with Gasteiger partial charge in [0.25, 0.3) is 5.56 Å². The van der Waals surface area contributed by atoms with Crippen LogP contribution in [-0.4, -0.2) is 28.3 Å². The molecule has 1 aliphatic rings. The molecule has 0 unspecified atom stereocenters. The van der Waals surface area contributed by atoms with Crippen LogP contribution in [0.2, 0.25) is 0 Å². The molecule has 0 N–H and O–H groups in total. The maximum absolute atomic E-state index is 11.7. The number of nitrogens with zero attached hydrogens (tertiary/aromatic N) is 3. The highest BCUT2D eigenvalue weighted by Crippen LogP contribution is 2.09. The summed E-state index contributed by atoms with van der Waals surface area (Å²) < 4.78 is 6.06. The van der Waals surface area contributed by atoms with E-state index in [4.69, 9.17) is 4.74 Å². The van der Waals surface area contributed by atoms with Crippen molar-refractivity contribution in [2.75, 3.05) is 6.61 Å². The van der Waals surface area contributed by atoms with E-state index in [0.29, 0.717) is 12.5 Å². The van der Waals surface area contributed by atoms with Gasteiger partial charge in [0.05, 0.1) is 19.3 Å². The molecule has 1 aromatic rings. The first kappa shape index (κ1) is 9.57. The number of fused-ring (bicyclic) bond motifs is 1. The monoisotopic (exact) mass is 207 g/mol. The zero-order chi connectivity index (χ0) is 10.8. The van der Waals surface area contributed by atoms with Crippen LogP contribution in [0, 0.1) is 0 Å². The largest absolute Gasteiger partial charge is 0.462 e. The van der Waals surface area contributed by atoms with Crippen molar-refractivity contribution in [1.29, 1.82) is 0 Å². The number of ether oxygens (including phenoxy) is 1. The van der Waals surface area contributed by atoms with E-state index in [0.717, 1.165) is 0 Å². The van der Waals surface area contributed by atoms with Crippen LogP contribution in [0.1, 0.15) is 17.3 Å². The number of hydrogen-bond acceptors (Lipinski definition) is 5. The van der Waals surface area contributed by atoms with Crippen LogP contribution in [0.5, 0.6) is 0 Å². The van der Waals surface area contributed by atoms with Gasteiger partial charge in [0.1, 0.15) is 5.56 Å². The molecule has 0 atom stereocenters. The highest BCUT2D eigenvalue weighted by atomic mass is 16.5. The summed E-state index contributed by atoms with van der Waals surface area (Å²) in [5.74, 6) is -0.315. The van der Waals surface area contributed by atoms with Crippen LogP contribution in [0.15, 0.2) is 16.0 Å². The molecule has 0 amide bonds. The molecular formula is C9H9N3O3. The van der Waals surface area contributed by atoms with Crippen molar-refractivity contribution in [2.24, 2.45) is 4.99 Å². The Kier molecular flexibility index (Phi) is 2.32. The molecule has 2 rings (SSSR count). The molecule has 6 heteroatoms. The van der Waals surface area contributed by atoms with Gasteiger partial charge in [-0.3, -0.25) is 9.36 Å². The minimum Gasteiger partial charge on any atom is -0.462 e. The minimum atomic E-state index is -0.641. The highest BCUT2D eigenvalue weighted by molar-refractivity contribution is 5.88. The van der Waals surface area contributed by atoms with Gasteiger partial charge in [0.2, 0.25) is 5.95 Å².